The van der Waals surface area contributed by atoms with Crippen molar-refractivity contribution < 1.29 is 14.6 Å². The van der Waals surface area contributed by atoms with Crippen molar-refractivity contribution >= 4 is 11.5 Å². The van der Waals surface area contributed by atoms with Crippen molar-refractivity contribution in [3.63, 3.8) is 0 Å². The van der Waals surface area contributed by atoms with Crippen molar-refractivity contribution in [1.82, 2.24) is 9.80 Å². The van der Waals surface area contributed by atoms with Crippen molar-refractivity contribution in [3.8, 4) is 6.07 Å². The number of ether oxygens (including phenoxy) is 1. The lowest BCUT2D eigenvalue weighted by Crippen LogP contribution is -2.66. The van der Waals surface area contributed by atoms with Crippen LogP contribution >= 0.6 is 0 Å². The van der Waals surface area contributed by atoms with Crippen LogP contribution in [0.15, 0.2) is 30.3 Å². The van der Waals surface area contributed by atoms with Gasteiger partial charge in [-0.05, 0) is 42.4 Å². The molecular weight excluding hydrogens is 366 g/mol. The molecule has 6 heteroatoms. The van der Waals surface area contributed by atoms with Gasteiger partial charge in [0.2, 0.25) is 5.91 Å². The molecule has 2 heterocycles. The van der Waals surface area contributed by atoms with Gasteiger partial charge in [-0.15, -0.1) is 0 Å². The largest absolute Gasteiger partial charge is 0.394 e. The SMILES string of the molecule is N#C[C@H]1[C@H](c2ccc(C3=CCCCC3)cc2)[C@H](CO)N1C(=O)CN1CCOCC1. The molecule has 0 saturated carbocycles. The first-order valence-corrected chi connectivity index (χ1v) is 10.6. The first-order valence-electron chi connectivity index (χ1n) is 10.6. The van der Waals surface area contributed by atoms with Gasteiger partial charge in [0.05, 0.1) is 38.5 Å². The number of hydrogen-bond acceptors (Lipinski definition) is 5. The molecule has 0 spiro atoms. The predicted octanol–water partition coefficient (Wildman–Crippen LogP) is 2.16. The minimum Gasteiger partial charge on any atom is -0.394 e. The van der Waals surface area contributed by atoms with Gasteiger partial charge < -0.3 is 14.7 Å². The molecular formula is C23H29N3O3. The monoisotopic (exact) mass is 395 g/mol. The summed E-state index contributed by atoms with van der Waals surface area (Å²) in [6.45, 7) is 2.85. The van der Waals surface area contributed by atoms with Crippen LogP contribution < -0.4 is 0 Å². The minimum atomic E-state index is -0.527. The van der Waals surface area contributed by atoms with Gasteiger partial charge in [-0.1, -0.05) is 30.3 Å². The van der Waals surface area contributed by atoms with Gasteiger partial charge in [-0.25, -0.2) is 0 Å². The summed E-state index contributed by atoms with van der Waals surface area (Å²) >= 11 is 0. The Labute approximate surface area is 172 Å². The molecule has 2 aliphatic heterocycles. The summed E-state index contributed by atoms with van der Waals surface area (Å²) in [7, 11) is 0. The Morgan fingerprint density at radius 1 is 1.21 bits per heavy atom. The Balaban J connectivity index is 1.47. The van der Waals surface area contributed by atoms with E-state index in [0.717, 1.165) is 31.5 Å². The number of likely N-dealkylation sites (tertiary alicyclic amines) is 1. The molecule has 0 radical (unpaired) electrons. The Hall–Kier alpha value is -2.20. The molecule has 3 atom stereocenters. The number of benzene rings is 1. The average Bonchev–Trinajstić information content (AvgIpc) is 2.75. The van der Waals surface area contributed by atoms with Gasteiger partial charge in [0.1, 0.15) is 6.04 Å². The van der Waals surface area contributed by atoms with E-state index in [0.29, 0.717) is 13.2 Å². The highest BCUT2D eigenvalue weighted by Gasteiger charge is 2.51. The third-order valence-corrected chi connectivity index (χ3v) is 6.44. The van der Waals surface area contributed by atoms with E-state index in [1.54, 1.807) is 4.90 Å². The van der Waals surface area contributed by atoms with Crippen LogP contribution in [0.3, 0.4) is 0 Å². The molecule has 2 saturated heterocycles. The maximum atomic E-state index is 12.8. The zero-order chi connectivity index (χ0) is 20.2. The molecule has 4 rings (SSSR count). The van der Waals surface area contributed by atoms with Crippen molar-refractivity contribution in [3.05, 3.63) is 41.5 Å². The lowest BCUT2D eigenvalue weighted by Gasteiger charge is -2.52. The number of carbonyl (C=O) groups excluding carboxylic acids is 1. The number of allylic oxidation sites excluding steroid dienone is 2. The number of aliphatic hydroxyl groups excluding tert-OH is 1. The van der Waals surface area contributed by atoms with Gasteiger partial charge >= 0.3 is 0 Å². The van der Waals surface area contributed by atoms with Crippen LogP contribution in [0.4, 0.5) is 0 Å². The van der Waals surface area contributed by atoms with E-state index >= 15 is 0 Å². The van der Waals surface area contributed by atoms with Crippen LogP contribution in [0.25, 0.3) is 5.57 Å². The zero-order valence-electron chi connectivity index (χ0n) is 16.8. The summed E-state index contributed by atoms with van der Waals surface area (Å²) in [5.41, 5.74) is 3.66. The van der Waals surface area contributed by atoms with Gasteiger partial charge in [-0.3, -0.25) is 9.69 Å². The third kappa shape index (κ3) is 4.09. The molecule has 6 nitrogen and oxygen atoms in total. The molecule has 0 aromatic heterocycles. The minimum absolute atomic E-state index is 0.0854. The fourth-order valence-corrected chi connectivity index (χ4v) is 4.80. The zero-order valence-corrected chi connectivity index (χ0v) is 16.8. The van der Waals surface area contributed by atoms with E-state index in [4.69, 9.17) is 4.74 Å². The Morgan fingerprint density at radius 3 is 2.59 bits per heavy atom. The fraction of sp³-hybridized carbons (Fsp3) is 0.565. The van der Waals surface area contributed by atoms with Crippen molar-refractivity contribution in [2.75, 3.05) is 39.5 Å². The van der Waals surface area contributed by atoms with E-state index in [9.17, 15) is 15.2 Å². The van der Waals surface area contributed by atoms with Gasteiger partial charge in [0.15, 0.2) is 0 Å². The van der Waals surface area contributed by atoms with Crippen LogP contribution in [0.5, 0.6) is 0 Å². The van der Waals surface area contributed by atoms with Crippen LogP contribution in [-0.4, -0.2) is 72.4 Å². The predicted molar refractivity (Wildman–Crippen MR) is 110 cm³/mol. The standard InChI is InChI=1S/C23H29N3O3/c24-14-20-23(19-8-6-18(7-9-19)17-4-2-1-3-5-17)21(16-27)26(20)22(28)15-25-10-12-29-13-11-25/h4,6-9,20-21,23,27H,1-3,5,10-13,15-16H2/t20-,21-,23-/m0/s1. The Kier molecular flexibility index (Phi) is 6.29. The molecule has 1 aromatic rings. The molecule has 2 fully saturated rings. The van der Waals surface area contributed by atoms with E-state index < -0.39 is 6.04 Å². The normalized spacial score (nSPS) is 27.7. The van der Waals surface area contributed by atoms with E-state index in [1.165, 1.54) is 24.0 Å². The summed E-state index contributed by atoms with van der Waals surface area (Å²) in [6.07, 6.45) is 7.08. The van der Waals surface area contributed by atoms with Crippen LogP contribution in [0.2, 0.25) is 0 Å². The second kappa shape index (κ2) is 9.08. The van der Waals surface area contributed by atoms with Gasteiger partial charge in [0.25, 0.3) is 0 Å². The second-order valence-corrected chi connectivity index (χ2v) is 8.14. The highest BCUT2D eigenvalue weighted by atomic mass is 16.5. The van der Waals surface area contributed by atoms with Gasteiger partial charge in [-0.2, -0.15) is 5.26 Å². The number of hydrogen-bond donors (Lipinski definition) is 1. The lowest BCUT2D eigenvalue weighted by molar-refractivity contribution is -0.149. The molecule has 1 N–H and O–H groups in total. The smallest absolute Gasteiger partial charge is 0.238 e. The highest BCUT2D eigenvalue weighted by molar-refractivity contribution is 5.81. The number of morpholine rings is 1. The molecule has 3 aliphatic rings. The van der Waals surface area contributed by atoms with Gasteiger partial charge in [0, 0.05) is 19.0 Å². The summed E-state index contributed by atoms with van der Waals surface area (Å²) in [6, 6.07) is 9.79. The summed E-state index contributed by atoms with van der Waals surface area (Å²) in [4.78, 5) is 16.5. The van der Waals surface area contributed by atoms with E-state index in [-0.39, 0.29) is 31.0 Å². The number of amides is 1. The van der Waals surface area contributed by atoms with Crippen molar-refractivity contribution in [2.45, 2.75) is 43.7 Å². The molecule has 1 aromatic carbocycles. The molecule has 0 bridgehead atoms. The second-order valence-electron chi connectivity index (χ2n) is 8.14. The average molecular weight is 396 g/mol. The summed E-state index contributed by atoms with van der Waals surface area (Å²) in [5, 5.41) is 19.7. The summed E-state index contributed by atoms with van der Waals surface area (Å²) < 4.78 is 5.33. The number of aliphatic hydroxyl groups is 1. The molecule has 1 amide bonds. The molecule has 0 unspecified atom stereocenters. The quantitative estimate of drug-likeness (QED) is 0.827. The molecule has 154 valence electrons. The fourth-order valence-electron chi connectivity index (χ4n) is 4.80. The van der Waals surface area contributed by atoms with E-state index in [1.807, 2.05) is 0 Å². The van der Waals surface area contributed by atoms with Crippen LogP contribution in [0.1, 0.15) is 42.7 Å². The first kappa shape index (κ1) is 20.1. The number of rotatable bonds is 5. The molecule has 1 aliphatic carbocycles. The van der Waals surface area contributed by atoms with Crippen molar-refractivity contribution in [2.24, 2.45) is 0 Å². The summed E-state index contributed by atoms with van der Waals surface area (Å²) in [5.74, 6) is -0.231. The van der Waals surface area contributed by atoms with E-state index in [2.05, 4.69) is 41.3 Å². The lowest BCUT2D eigenvalue weighted by atomic mass is 9.75. The van der Waals surface area contributed by atoms with Crippen molar-refractivity contribution in [1.29, 1.82) is 5.26 Å². The first-order chi connectivity index (χ1) is 14.2. The maximum absolute atomic E-state index is 12.8. The maximum Gasteiger partial charge on any atom is 0.238 e. The number of nitriles is 1. The number of nitrogens with zero attached hydrogens (tertiary/aromatic N) is 3. The molecule has 29 heavy (non-hydrogen) atoms. The van der Waals surface area contributed by atoms with Crippen LogP contribution in [0, 0.1) is 11.3 Å². The third-order valence-electron chi connectivity index (χ3n) is 6.44. The van der Waals surface area contributed by atoms with Crippen LogP contribution in [-0.2, 0) is 9.53 Å². The topological polar surface area (TPSA) is 76.8 Å². The Morgan fingerprint density at radius 2 is 1.97 bits per heavy atom. The number of carbonyl (C=O) groups is 1. The highest BCUT2D eigenvalue weighted by Crippen LogP contribution is 2.41. The Bertz CT molecular complexity index is 793.